The van der Waals surface area contributed by atoms with Crippen molar-refractivity contribution >= 4 is 12.0 Å². The number of likely N-dealkylation sites (tertiary alicyclic amines) is 1. The summed E-state index contributed by atoms with van der Waals surface area (Å²) in [6, 6.07) is 18.5. The molecule has 0 spiro atoms. The maximum Gasteiger partial charge on any atom is 0.244 e. The molecule has 2 aromatic carbocycles. The first kappa shape index (κ1) is 21.0. The van der Waals surface area contributed by atoms with Crippen molar-refractivity contribution in [3.8, 4) is 0 Å². The van der Waals surface area contributed by atoms with E-state index in [1.807, 2.05) is 42.6 Å². The summed E-state index contributed by atoms with van der Waals surface area (Å²) in [5, 5.41) is 11.2. The number of hydrogen-bond donors (Lipinski definition) is 1. The highest BCUT2D eigenvalue weighted by Crippen LogP contribution is 2.16. The first-order valence-electron chi connectivity index (χ1n) is 11.0. The molecule has 0 saturated carbocycles. The van der Waals surface area contributed by atoms with E-state index >= 15 is 0 Å². The van der Waals surface area contributed by atoms with Crippen molar-refractivity contribution in [2.24, 2.45) is 0 Å². The standard InChI is InChI=1S/C25H29N5O/c31-25(14-13-24-20-30(28-27-24)18-21-9-3-1-4-10-21)26-17-22-11-5-6-12-23(22)19-29-15-7-2-8-16-29/h1,3-6,9-14,20H,2,7-8,15-19H2,(H,26,31)/b14-13+. The third kappa shape index (κ3) is 6.36. The second-order valence-electron chi connectivity index (χ2n) is 7.98. The van der Waals surface area contributed by atoms with Crippen molar-refractivity contribution in [3.63, 3.8) is 0 Å². The minimum absolute atomic E-state index is 0.134. The summed E-state index contributed by atoms with van der Waals surface area (Å²) in [6.45, 7) is 4.45. The van der Waals surface area contributed by atoms with Crippen LogP contribution in [0.15, 0.2) is 66.9 Å². The van der Waals surface area contributed by atoms with E-state index in [2.05, 4.69) is 38.7 Å². The first-order chi connectivity index (χ1) is 15.3. The molecule has 1 amide bonds. The lowest BCUT2D eigenvalue weighted by atomic mass is 10.0. The highest BCUT2D eigenvalue weighted by Gasteiger charge is 2.12. The third-order valence-electron chi connectivity index (χ3n) is 5.56. The summed E-state index contributed by atoms with van der Waals surface area (Å²) in [7, 11) is 0. The van der Waals surface area contributed by atoms with E-state index in [0.717, 1.165) is 25.2 Å². The fraction of sp³-hybridized carbons (Fsp3) is 0.320. The summed E-state index contributed by atoms with van der Waals surface area (Å²) in [6.07, 6.45) is 8.94. The molecule has 4 rings (SSSR count). The summed E-state index contributed by atoms with van der Waals surface area (Å²) in [5.41, 5.74) is 4.28. The zero-order chi connectivity index (χ0) is 21.3. The molecule has 0 atom stereocenters. The lowest BCUT2D eigenvalue weighted by Gasteiger charge is -2.27. The fourth-order valence-corrected chi connectivity index (χ4v) is 3.88. The van der Waals surface area contributed by atoms with Crippen LogP contribution in [0.4, 0.5) is 0 Å². The topological polar surface area (TPSA) is 63.1 Å². The summed E-state index contributed by atoms with van der Waals surface area (Å²) < 4.78 is 1.77. The van der Waals surface area contributed by atoms with Gasteiger partial charge >= 0.3 is 0 Å². The molecule has 2 heterocycles. The van der Waals surface area contributed by atoms with Crippen LogP contribution in [0.3, 0.4) is 0 Å². The molecular formula is C25H29N5O. The molecule has 1 N–H and O–H groups in total. The largest absolute Gasteiger partial charge is 0.348 e. The smallest absolute Gasteiger partial charge is 0.244 e. The van der Waals surface area contributed by atoms with Gasteiger partial charge in [-0.15, -0.1) is 5.10 Å². The minimum Gasteiger partial charge on any atom is -0.348 e. The number of hydrogen-bond acceptors (Lipinski definition) is 4. The maximum atomic E-state index is 12.3. The number of nitrogens with zero attached hydrogens (tertiary/aromatic N) is 4. The molecule has 1 aliphatic rings. The van der Waals surface area contributed by atoms with E-state index in [-0.39, 0.29) is 5.91 Å². The maximum absolute atomic E-state index is 12.3. The van der Waals surface area contributed by atoms with Gasteiger partial charge in [-0.1, -0.05) is 66.2 Å². The first-order valence-corrected chi connectivity index (χ1v) is 11.0. The third-order valence-corrected chi connectivity index (χ3v) is 5.56. The number of carbonyl (C=O) groups excluding carboxylic acids is 1. The lowest BCUT2D eigenvalue weighted by molar-refractivity contribution is -0.116. The Morgan fingerprint density at radius 3 is 2.48 bits per heavy atom. The Balaban J connectivity index is 1.29. The Bertz CT molecular complexity index is 1010. The average Bonchev–Trinajstić information content (AvgIpc) is 3.26. The van der Waals surface area contributed by atoms with Crippen molar-refractivity contribution in [2.45, 2.75) is 38.9 Å². The molecule has 6 nitrogen and oxygen atoms in total. The quantitative estimate of drug-likeness (QED) is 0.571. The van der Waals surface area contributed by atoms with Crippen molar-refractivity contribution in [1.82, 2.24) is 25.2 Å². The van der Waals surface area contributed by atoms with Gasteiger partial charge in [0, 0.05) is 19.2 Å². The molecule has 6 heteroatoms. The van der Waals surface area contributed by atoms with Gasteiger partial charge in [-0.05, 0) is 48.7 Å². The molecule has 31 heavy (non-hydrogen) atoms. The monoisotopic (exact) mass is 415 g/mol. The molecule has 3 aromatic rings. The zero-order valence-electron chi connectivity index (χ0n) is 17.8. The van der Waals surface area contributed by atoms with Gasteiger partial charge in [-0.3, -0.25) is 9.69 Å². The van der Waals surface area contributed by atoms with Crippen molar-refractivity contribution in [1.29, 1.82) is 0 Å². The Kier molecular flexibility index (Phi) is 7.24. The minimum atomic E-state index is -0.134. The van der Waals surface area contributed by atoms with Crippen LogP contribution >= 0.6 is 0 Å². The van der Waals surface area contributed by atoms with Crippen molar-refractivity contribution < 1.29 is 4.79 Å². The molecule has 1 aliphatic heterocycles. The number of carbonyl (C=O) groups is 1. The molecule has 1 saturated heterocycles. The number of piperidine rings is 1. The molecule has 1 aromatic heterocycles. The van der Waals surface area contributed by atoms with Crippen molar-refractivity contribution in [2.75, 3.05) is 13.1 Å². The average molecular weight is 416 g/mol. The molecular weight excluding hydrogens is 386 g/mol. The number of benzene rings is 2. The molecule has 0 aliphatic carbocycles. The highest BCUT2D eigenvalue weighted by atomic mass is 16.1. The van der Waals surface area contributed by atoms with Gasteiger partial charge in [0.1, 0.15) is 5.69 Å². The summed E-state index contributed by atoms with van der Waals surface area (Å²) >= 11 is 0. The van der Waals surface area contributed by atoms with Crippen LogP contribution < -0.4 is 5.32 Å². The second-order valence-corrected chi connectivity index (χ2v) is 7.98. The summed E-state index contributed by atoms with van der Waals surface area (Å²) in [4.78, 5) is 14.8. The van der Waals surface area contributed by atoms with Gasteiger partial charge < -0.3 is 5.32 Å². The fourth-order valence-electron chi connectivity index (χ4n) is 3.88. The number of rotatable bonds is 8. The van der Waals surface area contributed by atoms with Crippen LogP contribution in [0.1, 0.15) is 41.6 Å². The molecule has 0 unspecified atom stereocenters. The molecule has 0 bridgehead atoms. The number of nitrogens with one attached hydrogen (secondary N) is 1. The molecule has 160 valence electrons. The van der Waals surface area contributed by atoms with Gasteiger partial charge in [-0.2, -0.15) is 0 Å². The van der Waals surface area contributed by atoms with Crippen LogP contribution in [-0.4, -0.2) is 38.9 Å². The Morgan fingerprint density at radius 1 is 0.935 bits per heavy atom. The van der Waals surface area contributed by atoms with E-state index in [0.29, 0.717) is 18.8 Å². The van der Waals surface area contributed by atoms with Gasteiger partial charge in [0.05, 0.1) is 12.7 Å². The number of amides is 1. The van der Waals surface area contributed by atoms with Crippen LogP contribution in [0.5, 0.6) is 0 Å². The Hall–Kier alpha value is -3.25. The Labute approximate surface area is 183 Å². The Morgan fingerprint density at radius 2 is 1.68 bits per heavy atom. The number of aromatic nitrogens is 3. The predicted molar refractivity (Wildman–Crippen MR) is 122 cm³/mol. The second kappa shape index (κ2) is 10.7. The van der Waals surface area contributed by atoms with Gasteiger partial charge in [0.15, 0.2) is 0 Å². The summed E-state index contributed by atoms with van der Waals surface area (Å²) in [5.74, 6) is -0.134. The molecule has 1 fully saturated rings. The van der Waals surface area contributed by atoms with Crippen molar-refractivity contribution in [3.05, 3.63) is 89.3 Å². The van der Waals surface area contributed by atoms with Gasteiger partial charge in [0.2, 0.25) is 5.91 Å². The van der Waals surface area contributed by atoms with Crippen LogP contribution in [0.25, 0.3) is 6.08 Å². The van der Waals surface area contributed by atoms with E-state index in [4.69, 9.17) is 0 Å². The lowest BCUT2D eigenvalue weighted by Crippen LogP contribution is -2.30. The highest BCUT2D eigenvalue weighted by molar-refractivity contribution is 5.91. The molecule has 0 radical (unpaired) electrons. The van der Waals surface area contributed by atoms with Gasteiger partial charge in [0.25, 0.3) is 0 Å². The van der Waals surface area contributed by atoms with E-state index in [1.54, 1.807) is 10.8 Å². The van der Waals surface area contributed by atoms with E-state index in [1.165, 1.54) is 36.5 Å². The van der Waals surface area contributed by atoms with E-state index < -0.39 is 0 Å². The van der Waals surface area contributed by atoms with Gasteiger partial charge in [-0.25, -0.2) is 4.68 Å². The zero-order valence-corrected chi connectivity index (χ0v) is 17.8. The van der Waals surface area contributed by atoms with E-state index in [9.17, 15) is 4.79 Å². The SMILES string of the molecule is O=C(/C=C/c1cn(Cc2ccccc2)nn1)NCc1ccccc1CN1CCCCC1. The predicted octanol–water partition coefficient (Wildman–Crippen LogP) is 3.64. The van der Waals surface area contributed by atoms with Crippen LogP contribution in [0, 0.1) is 0 Å². The normalized spacial score (nSPS) is 14.7. The van der Waals surface area contributed by atoms with Crippen LogP contribution in [0.2, 0.25) is 0 Å². The van der Waals surface area contributed by atoms with Crippen LogP contribution in [-0.2, 0) is 24.4 Å².